The Labute approximate surface area is 63.3 Å². The van der Waals surface area contributed by atoms with Gasteiger partial charge in [-0.1, -0.05) is 6.07 Å². The van der Waals surface area contributed by atoms with E-state index < -0.39 is 6.29 Å². The molecule has 1 aromatic rings. The van der Waals surface area contributed by atoms with Crippen LogP contribution in [-0.2, 0) is 7.05 Å². The van der Waals surface area contributed by atoms with Gasteiger partial charge in [-0.3, -0.25) is 4.79 Å². The van der Waals surface area contributed by atoms with Gasteiger partial charge >= 0.3 is 0 Å². The predicted octanol–water partition coefficient (Wildman–Crippen LogP) is -0.631. The summed E-state index contributed by atoms with van der Waals surface area (Å²) in [7, 11) is 1.48. The topological polar surface area (TPSA) is 62.5 Å². The molecule has 2 N–H and O–H groups in total. The van der Waals surface area contributed by atoms with Crippen LogP contribution >= 0.6 is 0 Å². The molecule has 0 unspecified atom stereocenters. The zero-order valence-corrected chi connectivity index (χ0v) is 6.06. The van der Waals surface area contributed by atoms with Gasteiger partial charge < -0.3 is 14.8 Å². The van der Waals surface area contributed by atoms with E-state index in [1.165, 1.54) is 29.8 Å². The summed E-state index contributed by atoms with van der Waals surface area (Å²) in [4.78, 5) is 10.9. The van der Waals surface area contributed by atoms with Crippen LogP contribution in [0.2, 0.25) is 0 Å². The molecular formula is C7H9NO3. The van der Waals surface area contributed by atoms with E-state index in [2.05, 4.69) is 0 Å². The first-order chi connectivity index (χ1) is 5.13. The van der Waals surface area contributed by atoms with Crippen molar-refractivity contribution >= 4 is 0 Å². The maximum Gasteiger partial charge on any atom is 0.250 e. The first-order valence-electron chi connectivity index (χ1n) is 3.15. The second-order valence-corrected chi connectivity index (χ2v) is 2.22. The fourth-order valence-corrected chi connectivity index (χ4v) is 0.839. The number of rotatable bonds is 1. The molecule has 0 aliphatic rings. The van der Waals surface area contributed by atoms with Crippen LogP contribution in [0.4, 0.5) is 0 Å². The molecule has 0 saturated heterocycles. The number of hydrogen-bond acceptors (Lipinski definition) is 3. The number of aliphatic hydroxyl groups is 2. The van der Waals surface area contributed by atoms with Crippen LogP contribution in [0.15, 0.2) is 23.0 Å². The third-order valence-corrected chi connectivity index (χ3v) is 1.49. The normalized spacial score (nSPS) is 10.5. The number of pyridine rings is 1. The first kappa shape index (κ1) is 7.97. The van der Waals surface area contributed by atoms with Crippen molar-refractivity contribution in [1.82, 2.24) is 4.57 Å². The van der Waals surface area contributed by atoms with E-state index in [9.17, 15) is 4.79 Å². The van der Waals surface area contributed by atoms with E-state index >= 15 is 0 Å². The van der Waals surface area contributed by atoms with E-state index in [0.717, 1.165) is 0 Å². The Morgan fingerprint density at radius 1 is 1.45 bits per heavy atom. The second kappa shape index (κ2) is 2.86. The van der Waals surface area contributed by atoms with Crippen LogP contribution in [0, 0.1) is 0 Å². The van der Waals surface area contributed by atoms with Crippen LogP contribution in [0.5, 0.6) is 0 Å². The highest BCUT2D eigenvalue weighted by Gasteiger charge is 2.05. The van der Waals surface area contributed by atoms with Crippen LogP contribution in [-0.4, -0.2) is 14.8 Å². The molecule has 4 nitrogen and oxygen atoms in total. The third kappa shape index (κ3) is 1.47. The van der Waals surface area contributed by atoms with E-state index in [0.29, 0.717) is 0 Å². The van der Waals surface area contributed by atoms with Gasteiger partial charge in [0.15, 0.2) is 6.29 Å². The van der Waals surface area contributed by atoms with Gasteiger partial charge in [0.05, 0.1) is 5.69 Å². The van der Waals surface area contributed by atoms with Gasteiger partial charge in [0.25, 0.3) is 5.56 Å². The Bertz CT molecular complexity index is 303. The molecule has 0 aromatic carbocycles. The minimum Gasteiger partial charge on any atom is -0.363 e. The maximum absolute atomic E-state index is 10.9. The predicted molar refractivity (Wildman–Crippen MR) is 38.9 cm³/mol. The minimum absolute atomic E-state index is 0.192. The molecule has 11 heavy (non-hydrogen) atoms. The fourth-order valence-electron chi connectivity index (χ4n) is 0.839. The molecule has 0 aliphatic carbocycles. The smallest absolute Gasteiger partial charge is 0.250 e. The molecule has 0 bridgehead atoms. The van der Waals surface area contributed by atoms with Gasteiger partial charge in [-0.2, -0.15) is 0 Å². The highest BCUT2D eigenvalue weighted by molar-refractivity contribution is 5.06. The molecule has 1 aromatic heterocycles. The highest BCUT2D eigenvalue weighted by atomic mass is 16.5. The zero-order valence-electron chi connectivity index (χ0n) is 6.06. The number of hydrogen-bond donors (Lipinski definition) is 2. The molecule has 0 fully saturated rings. The van der Waals surface area contributed by atoms with Gasteiger partial charge in [0.2, 0.25) is 0 Å². The first-order valence-corrected chi connectivity index (χ1v) is 3.15. The molecule has 0 saturated carbocycles. The lowest BCUT2D eigenvalue weighted by molar-refractivity contribution is -0.0484. The Kier molecular flexibility index (Phi) is 2.07. The molecule has 1 heterocycles. The summed E-state index contributed by atoms with van der Waals surface area (Å²) in [6, 6.07) is 4.31. The van der Waals surface area contributed by atoms with Crippen molar-refractivity contribution in [3.63, 3.8) is 0 Å². The van der Waals surface area contributed by atoms with Crippen LogP contribution in [0.25, 0.3) is 0 Å². The van der Waals surface area contributed by atoms with Crippen LogP contribution in [0.3, 0.4) is 0 Å². The zero-order chi connectivity index (χ0) is 8.43. The lowest BCUT2D eigenvalue weighted by atomic mass is 10.3. The number of nitrogens with zero attached hydrogens (tertiary/aromatic N) is 1. The molecule has 0 aliphatic heterocycles. The van der Waals surface area contributed by atoms with Crippen molar-refractivity contribution in [2.75, 3.05) is 0 Å². The minimum atomic E-state index is -1.59. The van der Waals surface area contributed by atoms with E-state index in [4.69, 9.17) is 10.2 Å². The second-order valence-electron chi connectivity index (χ2n) is 2.22. The van der Waals surface area contributed by atoms with Gasteiger partial charge in [0, 0.05) is 13.1 Å². The number of aliphatic hydroxyl groups excluding tert-OH is 1. The van der Waals surface area contributed by atoms with Gasteiger partial charge in [-0.05, 0) is 6.07 Å². The van der Waals surface area contributed by atoms with Gasteiger partial charge in [0.1, 0.15) is 0 Å². The molecule has 60 valence electrons. The van der Waals surface area contributed by atoms with Crippen molar-refractivity contribution in [3.8, 4) is 0 Å². The summed E-state index contributed by atoms with van der Waals surface area (Å²) >= 11 is 0. The summed E-state index contributed by atoms with van der Waals surface area (Å²) in [6.07, 6.45) is -1.59. The molecule has 0 amide bonds. The monoisotopic (exact) mass is 155 g/mol. The van der Waals surface area contributed by atoms with E-state index in [1.807, 2.05) is 0 Å². The summed E-state index contributed by atoms with van der Waals surface area (Å²) in [5.74, 6) is 0. The van der Waals surface area contributed by atoms with E-state index in [-0.39, 0.29) is 11.3 Å². The molecule has 0 spiro atoms. The molecular weight excluding hydrogens is 146 g/mol. The van der Waals surface area contributed by atoms with Crippen molar-refractivity contribution in [1.29, 1.82) is 0 Å². The van der Waals surface area contributed by atoms with Crippen molar-refractivity contribution < 1.29 is 10.2 Å². The number of aromatic nitrogens is 1. The molecule has 0 atom stereocenters. The third-order valence-electron chi connectivity index (χ3n) is 1.49. The van der Waals surface area contributed by atoms with Gasteiger partial charge in [-0.15, -0.1) is 0 Å². The average Bonchev–Trinajstić information content (AvgIpc) is 1.94. The maximum atomic E-state index is 10.9. The Balaban J connectivity index is 3.28. The Hall–Kier alpha value is -1.13. The van der Waals surface area contributed by atoms with Crippen molar-refractivity contribution in [3.05, 3.63) is 34.2 Å². The highest BCUT2D eigenvalue weighted by Crippen LogP contribution is 2.03. The quantitative estimate of drug-likeness (QED) is 0.531. The average molecular weight is 155 g/mol. The van der Waals surface area contributed by atoms with Gasteiger partial charge in [-0.25, -0.2) is 0 Å². The fraction of sp³-hybridized carbons (Fsp3) is 0.286. The lowest BCUT2D eigenvalue weighted by Crippen LogP contribution is -2.20. The molecule has 1 rings (SSSR count). The SMILES string of the molecule is Cn1c(C(O)O)cccc1=O. The van der Waals surface area contributed by atoms with Crippen molar-refractivity contribution in [2.24, 2.45) is 7.05 Å². The Morgan fingerprint density at radius 3 is 2.55 bits per heavy atom. The summed E-state index contributed by atoms with van der Waals surface area (Å²) in [6.45, 7) is 0. The largest absolute Gasteiger partial charge is 0.363 e. The molecule has 4 heteroatoms. The van der Waals surface area contributed by atoms with Crippen LogP contribution < -0.4 is 5.56 Å². The summed E-state index contributed by atoms with van der Waals surface area (Å²) in [5.41, 5.74) is -0.0619. The standard InChI is InChI=1S/C7H9NO3/c1-8-5(7(10)11)3-2-4-6(8)9/h2-4,7,10-11H,1H3. The van der Waals surface area contributed by atoms with Crippen molar-refractivity contribution in [2.45, 2.75) is 6.29 Å². The summed E-state index contributed by atoms with van der Waals surface area (Å²) < 4.78 is 1.19. The van der Waals surface area contributed by atoms with Crippen LogP contribution in [0.1, 0.15) is 12.0 Å². The Morgan fingerprint density at radius 2 is 2.09 bits per heavy atom. The van der Waals surface area contributed by atoms with E-state index in [1.54, 1.807) is 0 Å². The lowest BCUT2D eigenvalue weighted by Gasteiger charge is -2.07. The molecule has 0 radical (unpaired) electrons. The summed E-state index contributed by atoms with van der Waals surface area (Å²) in [5, 5.41) is 17.4.